The fraction of sp³-hybridized carbons (Fsp3) is 0.500. The maximum absolute atomic E-state index is 11.9. The van der Waals surface area contributed by atoms with Crippen LogP contribution in [0.2, 0.25) is 0 Å². The van der Waals surface area contributed by atoms with Gasteiger partial charge in [-0.2, -0.15) is 0 Å². The second-order valence-electron chi connectivity index (χ2n) is 5.05. The number of carbonyl (C=O) groups is 2. The number of rotatable bonds is 7. The second-order valence-corrected chi connectivity index (χ2v) is 6.30. The van der Waals surface area contributed by atoms with E-state index < -0.39 is 11.8 Å². The molecule has 0 unspecified atom stereocenters. The minimum absolute atomic E-state index is 0.508. The van der Waals surface area contributed by atoms with Gasteiger partial charge in [-0.3, -0.25) is 9.59 Å². The molecule has 2 N–H and O–H groups in total. The van der Waals surface area contributed by atoms with E-state index in [1.807, 2.05) is 25.1 Å². The quantitative estimate of drug-likeness (QED) is 0.407. The van der Waals surface area contributed by atoms with Gasteiger partial charge in [0.05, 0.1) is 0 Å². The van der Waals surface area contributed by atoms with Gasteiger partial charge in [-0.05, 0) is 79.3 Å². The monoisotopic (exact) mass is 417 g/mol. The van der Waals surface area contributed by atoms with Gasteiger partial charge in [-0.25, -0.2) is 0 Å². The molecule has 22 heavy (non-hydrogen) atoms. The summed E-state index contributed by atoms with van der Waals surface area (Å²) in [7, 11) is 0. The van der Waals surface area contributed by atoms with Crippen LogP contribution in [-0.2, 0) is 9.59 Å². The van der Waals surface area contributed by atoms with Crippen molar-refractivity contribution in [3.05, 3.63) is 27.3 Å². The van der Waals surface area contributed by atoms with Crippen LogP contribution in [0.1, 0.15) is 25.8 Å². The topological polar surface area (TPSA) is 61.4 Å². The summed E-state index contributed by atoms with van der Waals surface area (Å²) in [6.07, 6.45) is 0.837. The number of amides is 2. The van der Waals surface area contributed by atoms with Crippen molar-refractivity contribution in [2.75, 3.05) is 31.5 Å². The van der Waals surface area contributed by atoms with E-state index in [-0.39, 0.29) is 0 Å². The lowest BCUT2D eigenvalue weighted by atomic mass is 10.2. The van der Waals surface area contributed by atoms with Crippen LogP contribution in [0.3, 0.4) is 0 Å². The summed E-state index contributed by atoms with van der Waals surface area (Å²) >= 11 is 2.21. The van der Waals surface area contributed by atoms with Crippen LogP contribution in [0.4, 0.5) is 5.69 Å². The lowest BCUT2D eigenvalue weighted by Gasteiger charge is -2.17. The number of anilines is 1. The van der Waals surface area contributed by atoms with Crippen molar-refractivity contribution in [3.8, 4) is 0 Å². The van der Waals surface area contributed by atoms with Crippen molar-refractivity contribution in [3.63, 3.8) is 0 Å². The number of halogens is 1. The van der Waals surface area contributed by atoms with Crippen molar-refractivity contribution >= 4 is 40.1 Å². The maximum atomic E-state index is 11.9. The van der Waals surface area contributed by atoms with Gasteiger partial charge in [0, 0.05) is 15.8 Å². The van der Waals surface area contributed by atoms with E-state index in [2.05, 4.69) is 52.0 Å². The molecule has 0 saturated heterocycles. The highest BCUT2D eigenvalue weighted by Gasteiger charge is 2.14. The van der Waals surface area contributed by atoms with E-state index in [9.17, 15) is 9.59 Å². The van der Waals surface area contributed by atoms with Crippen molar-refractivity contribution in [1.29, 1.82) is 0 Å². The predicted octanol–water partition coefficient (Wildman–Crippen LogP) is 2.39. The second kappa shape index (κ2) is 9.78. The molecule has 0 spiro atoms. The summed E-state index contributed by atoms with van der Waals surface area (Å²) in [4.78, 5) is 25.9. The van der Waals surface area contributed by atoms with Crippen LogP contribution in [0, 0.1) is 10.5 Å². The molecule has 1 aromatic rings. The van der Waals surface area contributed by atoms with Crippen LogP contribution < -0.4 is 10.6 Å². The number of benzene rings is 1. The van der Waals surface area contributed by atoms with Gasteiger partial charge in [-0.15, -0.1) is 0 Å². The fourth-order valence-corrected chi connectivity index (χ4v) is 2.72. The molecule has 122 valence electrons. The number of hydrogen-bond donors (Lipinski definition) is 2. The molecule has 0 saturated carbocycles. The molecule has 1 rings (SSSR count). The Bertz CT molecular complexity index is 516. The number of aryl methyl sites for hydroxylation is 1. The van der Waals surface area contributed by atoms with Crippen molar-refractivity contribution in [1.82, 2.24) is 10.2 Å². The minimum atomic E-state index is -0.618. The van der Waals surface area contributed by atoms with Gasteiger partial charge in [0.2, 0.25) is 0 Å². The molecular weight excluding hydrogens is 393 g/mol. The number of hydrogen-bond acceptors (Lipinski definition) is 3. The minimum Gasteiger partial charge on any atom is -0.348 e. The largest absolute Gasteiger partial charge is 0.348 e. The Morgan fingerprint density at radius 3 is 2.45 bits per heavy atom. The third kappa shape index (κ3) is 6.31. The molecule has 0 aliphatic heterocycles. The molecule has 5 nitrogen and oxygen atoms in total. The lowest BCUT2D eigenvalue weighted by Crippen LogP contribution is -2.37. The summed E-state index contributed by atoms with van der Waals surface area (Å²) in [6, 6.07) is 5.66. The molecule has 0 heterocycles. The van der Waals surface area contributed by atoms with Gasteiger partial charge in [0.25, 0.3) is 0 Å². The fourth-order valence-electron chi connectivity index (χ4n) is 2.07. The molecule has 0 bridgehead atoms. The van der Waals surface area contributed by atoms with Crippen LogP contribution >= 0.6 is 22.6 Å². The number of nitrogens with zero attached hydrogens (tertiary/aromatic N) is 1. The van der Waals surface area contributed by atoms with Crippen LogP contribution in [0.25, 0.3) is 0 Å². The van der Waals surface area contributed by atoms with E-state index in [1.165, 1.54) is 0 Å². The van der Waals surface area contributed by atoms with E-state index in [4.69, 9.17) is 0 Å². The third-order valence-electron chi connectivity index (χ3n) is 3.47. The first-order valence-corrected chi connectivity index (χ1v) is 8.63. The predicted molar refractivity (Wildman–Crippen MR) is 97.9 cm³/mol. The highest BCUT2D eigenvalue weighted by molar-refractivity contribution is 14.1. The summed E-state index contributed by atoms with van der Waals surface area (Å²) in [5.74, 6) is -1.20. The van der Waals surface area contributed by atoms with Gasteiger partial charge in [0.15, 0.2) is 0 Å². The number of carbonyl (C=O) groups excluding carboxylic acids is 2. The molecule has 0 atom stereocenters. The molecule has 2 amide bonds. The van der Waals surface area contributed by atoms with Gasteiger partial charge < -0.3 is 15.5 Å². The van der Waals surface area contributed by atoms with Crippen molar-refractivity contribution in [2.45, 2.75) is 27.2 Å². The standard InChI is InChI=1S/C16H24IN3O2/c1-4-20(5-2)10-6-9-18-15(21)16(22)19-14-8-7-13(17)11-12(14)3/h7-8,11H,4-6,9-10H2,1-3H3,(H,18,21)(H,19,22). The van der Waals surface area contributed by atoms with Gasteiger partial charge >= 0.3 is 11.8 Å². The molecular formula is C16H24IN3O2. The summed E-state index contributed by atoms with van der Waals surface area (Å²) < 4.78 is 1.09. The highest BCUT2D eigenvalue weighted by Crippen LogP contribution is 2.17. The van der Waals surface area contributed by atoms with Crippen molar-refractivity contribution < 1.29 is 9.59 Å². The van der Waals surface area contributed by atoms with E-state index in [0.717, 1.165) is 35.2 Å². The number of nitrogens with one attached hydrogen (secondary N) is 2. The molecule has 0 aliphatic carbocycles. The molecule has 0 radical (unpaired) electrons. The molecule has 0 fully saturated rings. The van der Waals surface area contributed by atoms with Crippen LogP contribution in [0.5, 0.6) is 0 Å². The SMILES string of the molecule is CCN(CC)CCCNC(=O)C(=O)Nc1ccc(I)cc1C. The first-order valence-electron chi connectivity index (χ1n) is 7.55. The Labute approximate surface area is 146 Å². The van der Waals surface area contributed by atoms with E-state index in [0.29, 0.717) is 12.2 Å². The van der Waals surface area contributed by atoms with Crippen LogP contribution in [-0.4, -0.2) is 42.9 Å². The maximum Gasteiger partial charge on any atom is 0.313 e. The Hall–Kier alpha value is -1.15. The normalized spacial score (nSPS) is 10.6. The molecule has 1 aromatic carbocycles. The molecule has 0 aliphatic rings. The summed E-state index contributed by atoms with van der Waals surface area (Å²) in [5.41, 5.74) is 1.61. The van der Waals surface area contributed by atoms with Crippen LogP contribution in [0.15, 0.2) is 18.2 Å². The van der Waals surface area contributed by atoms with Gasteiger partial charge in [0.1, 0.15) is 0 Å². The Morgan fingerprint density at radius 1 is 1.18 bits per heavy atom. The Morgan fingerprint density at radius 2 is 1.86 bits per heavy atom. The van der Waals surface area contributed by atoms with Crippen molar-refractivity contribution in [2.24, 2.45) is 0 Å². The van der Waals surface area contributed by atoms with E-state index in [1.54, 1.807) is 0 Å². The Balaban J connectivity index is 2.37. The Kier molecular flexibility index (Phi) is 8.40. The smallest absolute Gasteiger partial charge is 0.313 e. The lowest BCUT2D eigenvalue weighted by molar-refractivity contribution is -0.136. The summed E-state index contributed by atoms with van der Waals surface area (Å²) in [5, 5.41) is 5.30. The average Bonchev–Trinajstić information content (AvgIpc) is 2.50. The highest BCUT2D eigenvalue weighted by atomic mass is 127. The van der Waals surface area contributed by atoms with E-state index >= 15 is 0 Å². The van der Waals surface area contributed by atoms with Gasteiger partial charge in [-0.1, -0.05) is 13.8 Å². The molecule has 0 aromatic heterocycles. The zero-order valence-corrected chi connectivity index (χ0v) is 15.6. The first kappa shape index (κ1) is 18.9. The zero-order chi connectivity index (χ0) is 16.5. The molecule has 6 heteroatoms. The first-order chi connectivity index (χ1) is 10.5. The zero-order valence-electron chi connectivity index (χ0n) is 13.4. The summed E-state index contributed by atoms with van der Waals surface area (Å²) in [6.45, 7) is 9.55. The third-order valence-corrected chi connectivity index (χ3v) is 4.14. The average molecular weight is 417 g/mol.